The average Bonchev–Trinajstić information content (AvgIpc) is 2.77. The molecule has 92 valence electrons. The lowest BCUT2D eigenvalue weighted by Crippen LogP contribution is -2.28. The maximum atomic E-state index is 12.2. The predicted octanol–water partition coefficient (Wildman–Crippen LogP) is 2.53. The molecule has 0 saturated carbocycles. The molecule has 0 radical (unpaired) electrons. The van der Waals surface area contributed by atoms with Crippen molar-refractivity contribution in [2.24, 2.45) is 5.92 Å². The Morgan fingerprint density at radius 2 is 2.35 bits per heavy atom. The molecule has 0 aromatic heterocycles. The predicted molar refractivity (Wildman–Crippen MR) is 69.8 cm³/mol. The number of carbonyl (C=O) groups excluding carboxylic acids is 1. The standard InChI is InChI=1S/C14H20N2O/c1-2-4-11-7-8-16(10-11)14(17)12-5-3-6-13(15)9-12/h3,5-6,9,11H,2,4,7-8,10,15H2,1H3. The Labute approximate surface area is 103 Å². The molecule has 1 fully saturated rings. The van der Waals surface area contributed by atoms with Crippen LogP contribution >= 0.6 is 0 Å². The van der Waals surface area contributed by atoms with Crippen molar-refractivity contribution in [3.8, 4) is 0 Å². The zero-order valence-electron chi connectivity index (χ0n) is 10.4. The topological polar surface area (TPSA) is 46.3 Å². The Morgan fingerprint density at radius 3 is 3.06 bits per heavy atom. The Hall–Kier alpha value is -1.51. The first-order chi connectivity index (χ1) is 8.20. The molecule has 1 unspecified atom stereocenters. The van der Waals surface area contributed by atoms with E-state index in [9.17, 15) is 4.79 Å². The highest BCUT2D eigenvalue weighted by molar-refractivity contribution is 5.95. The van der Waals surface area contributed by atoms with E-state index in [4.69, 9.17) is 5.73 Å². The third-order valence-electron chi connectivity index (χ3n) is 3.40. The minimum absolute atomic E-state index is 0.121. The van der Waals surface area contributed by atoms with Crippen LogP contribution in [0.15, 0.2) is 24.3 Å². The Kier molecular flexibility index (Phi) is 3.67. The highest BCUT2D eigenvalue weighted by atomic mass is 16.2. The number of amides is 1. The maximum Gasteiger partial charge on any atom is 0.253 e. The van der Waals surface area contributed by atoms with Crippen molar-refractivity contribution >= 4 is 11.6 Å². The van der Waals surface area contributed by atoms with E-state index >= 15 is 0 Å². The van der Waals surface area contributed by atoms with E-state index in [0.717, 1.165) is 19.5 Å². The molecule has 1 saturated heterocycles. The van der Waals surface area contributed by atoms with Crippen LogP contribution in [0, 0.1) is 5.92 Å². The minimum atomic E-state index is 0.121. The van der Waals surface area contributed by atoms with E-state index in [1.54, 1.807) is 12.1 Å². The summed E-state index contributed by atoms with van der Waals surface area (Å²) in [5.74, 6) is 0.806. The van der Waals surface area contributed by atoms with Gasteiger partial charge in [0.25, 0.3) is 5.91 Å². The van der Waals surface area contributed by atoms with Gasteiger partial charge in [0.2, 0.25) is 0 Å². The number of hydrogen-bond donors (Lipinski definition) is 1. The number of nitrogens with zero attached hydrogens (tertiary/aromatic N) is 1. The van der Waals surface area contributed by atoms with Crippen molar-refractivity contribution in [3.05, 3.63) is 29.8 Å². The first kappa shape index (κ1) is 12.0. The summed E-state index contributed by atoms with van der Waals surface area (Å²) in [5.41, 5.74) is 7.06. The first-order valence-electron chi connectivity index (χ1n) is 6.35. The summed E-state index contributed by atoms with van der Waals surface area (Å²) in [6.07, 6.45) is 3.56. The van der Waals surface area contributed by atoms with Crippen LogP contribution in [-0.4, -0.2) is 23.9 Å². The molecule has 0 bridgehead atoms. The summed E-state index contributed by atoms with van der Waals surface area (Å²) in [6.45, 7) is 3.99. The van der Waals surface area contributed by atoms with Gasteiger partial charge >= 0.3 is 0 Å². The lowest BCUT2D eigenvalue weighted by molar-refractivity contribution is 0.0786. The summed E-state index contributed by atoms with van der Waals surface area (Å²) in [4.78, 5) is 14.2. The van der Waals surface area contributed by atoms with Crippen LogP contribution < -0.4 is 5.73 Å². The maximum absolute atomic E-state index is 12.2. The molecule has 1 aliphatic rings. The van der Waals surface area contributed by atoms with Gasteiger partial charge in [-0.3, -0.25) is 4.79 Å². The van der Waals surface area contributed by atoms with E-state index in [2.05, 4.69) is 6.92 Å². The number of rotatable bonds is 3. The Bertz CT molecular complexity index is 403. The quantitative estimate of drug-likeness (QED) is 0.814. The molecule has 0 spiro atoms. The van der Waals surface area contributed by atoms with Crippen LogP contribution in [0.1, 0.15) is 36.5 Å². The molecule has 1 heterocycles. The zero-order valence-corrected chi connectivity index (χ0v) is 10.4. The lowest BCUT2D eigenvalue weighted by Gasteiger charge is -2.16. The van der Waals surface area contributed by atoms with Crippen molar-refractivity contribution in [3.63, 3.8) is 0 Å². The molecule has 2 N–H and O–H groups in total. The van der Waals surface area contributed by atoms with Gasteiger partial charge in [-0.25, -0.2) is 0 Å². The highest BCUT2D eigenvalue weighted by Crippen LogP contribution is 2.22. The fourth-order valence-corrected chi connectivity index (χ4v) is 2.52. The number of nitrogens with two attached hydrogens (primary N) is 1. The fourth-order valence-electron chi connectivity index (χ4n) is 2.52. The van der Waals surface area contributed by atoms with Crippen molar-refractivity contribution in [1.82, 2.24) is 4.90 Å². The van der Waals surface area contributed by atoms with Crippen molar-refractivity contribution < 1.29 is 4.79 Å². The van der Waals surface area contributed by atoms with Crippen molar-refractivity contribution in [2.75, 3.05) is 18.8 Å². The van der Waals surface area contributed by atoms with Gasteiger partial charge in [-0.2, -0.15) is 0 Å². The fraction of sp³-hybridized carbons (Fsp3) is 0.500. The van der Waals surface area contributed by atoms with Gasteiger partial charge in [-0.05, 0) is 37.0 Å². The molecule has 0 aliphatic carbocycles. The molecule has 1 amide bonds. The molecule has 1 atom stereocenters. The molecule has 1 aromatic carbocycles. The van der Waals surface area contributed by atoms with Crippen molar-refractivity contribution in [1.29, 1.82) is 0 Å². The molecule has 3 heteroatoms. The van der Waals surface area contributed by atoms with Gasteiger partial charge in [0.15, 0.2) is 0 Å². The molecule has 17 heavy (non-hydrogen) atoms. The number of likely N-dealkylation sites (tertiary alicyclic amines) is 1. The largest absolute Gasteiger partial charge is 0.399 e. The van der Waals surface area contributed by atoms with E-state index in [0.29, 0.717) is 17.2 Å². The number of hydrogen-bond acceptors (Lipinski definition) is 2. The second-order valence-electron chi connectivity index (χ2n) is 4.82. The zero-order chi connectivity index (χ0) is 12.3. The van der Waals surface area contributed by atoms with Gasteiger partial charge < -0.3 is 10.6 Å². The number of nitrogen functional groups attached to an aromatic ring is 1. The average molecular weight is 232 g/mol. The molecule has 1 aliphatic heterocycles. The summed E-state index contributed by atoms with van der Waals surface area (Å²) in [5, 5.41) is 0. The summed E-state index contributed by atoms with van der Waals surface area (Å²) in [6, 6.07) is 7.24. The van der Waals surface area contributed by atoms with Crippen LogP contribution in [0.25, 0.3) is 0 Å². The molecular formula is C14H20N2O. The van der Waals surface area contributed by atoms with Crippen molar-refractivity contribution in [2.45, 2.75) is 26.2 Å². The Balaban J connectivity index is 2.02. The van der Waals surface area contributed by atoms with Crippen LogP contribution in [0.2, 0.25) is 0 Å². The van der Waals surface area contributed by atoms with Crippen LogP contribution in [-0.2, 0) is 0 Å². The normalized spacial score (nSPS) is 19.6. The second-order valence-corrected chi connectivity index (χ2v) is 4.82. The van der Waals surface area contributed by atoms with Crippen LogP contribution in [0.3, 0.4) is 0 Å². The SMILES string of the molecule is CCCC1CCN(C(=O)c2cccc(N)c2)C1. The monoisotopic (exact) mass is 232 g/mol. The number of benzene rings is 1. The van der Waals surface area contributed by atoms with Crippen LogP contribution in [0.5, 0.6) is 0 Å². The smallest absolute Gasteiger partial charge is 0.253 e. The number of anilines is 1. The van der Waals surface area contributed by atoms with Crippen LogP contribution in [0.4, 0.5) is 5.69 Å². The number of carbonyl (C=O) groups is 1. The Morgan fingerprint density at radius 1 is 1.53 bits per heavy atom. The molecule has 3 nitrogen and oxygen atoms in total. The summed E-state index contributed by atoms with van der Waals surface area (Å²) in [7, 11) is 0. The minimum Gasteiger partial charge on any atom is -0.399 e. The van der Waals surface area contributed by atoms with E-state index in [1.165, 1.54) is 12.8 Å². The molecule has 2 rings (SSSR count). The van der Waals surface area contributed by atoms with Gasteiger partial charge in [0.1, 0.15) is 0 Å². The van der Waals surface area contributed by atoms with E-state index in [1.807, 2.05) is 17.0 Å². The van der Waals surface area contributed by atoms with Gasteiger partial charge in [0.05, 0.1) is 0 Å². The molecular weight excluding hydrogens is 212 g/mol. The lowest BCUT2D eigenvalue weighted by atomic mass is 10.0. The van der Waals surface area contributed by atoms with E-state index in [-0.39, 0.29) is 5.91 Å². The summed E-state index contributed by atoms with van der Waals surface area (Å²) >= 11 is 0. The summed E-state index contributed by atoms with van der Waals surface area (Å²) < 4.78 is 0. The van der Waals surface area contributed by atoms with E-state index < -0.39 is 0 Å². The third-order valence-corrected chi connectivity index (χ3v) is 3.40. The first-order valence-corrected chi connectivity index (χ1v) is 6.35. The van der Waals surface area contributed by atoms with Gasteiger partial charge in [-0.15, -0.1) is 0 Å². The van der Waals surface area contributed by atoms with Gasteiger partial charge in [0, 0.05) is 24.3 Å². The van der Waals surface area contributed by atoms with Gasteiger partial charge in [-0.1, -0.05) is 19.4 Å². The highest BCUT2D eigenvalue weighted by Gasteiger charge is 2.26. The molecule has 1 aromatic rings. The second kappa shape index (κ2) is 5.21. The third kappa shape index (κ3) is 2.78.